The molecule has 1 aromatic heterocycles. The first-order valence-corrected chi connectivity index (χ1v) is 7.78. The third-order valence-electron chi connectivity index (χ3n) is 4.91. The third kappa shape index (κ3) is 2.34. The van der Waals surface area contributed by atoms with Crippen LogP contribution in [0, 0.1) is 0 Å². The fourth-order valence-corrected chi connectivity index (χ4v) is 3.83. The van der Waals surface area contributed by atoms with Gasteiger partial charge < -0.3 is 10.6 Å². The fraction of sp³-hybridized carbons (Fsp3) is 0.471. The molecule has 1 aliphatic heterocycles. The van der Waals surface area contributed by atoms with Crippen LogP contribution in [-0.4, -0.2) is 17.6 Å². The normalized spacial score (nSPS) is 18.6. The van der Waals surface area contributed by atoms with Crippen LogP contribution in [0.4, 0.5) is 11.5 Å². The van der Waals surface area contributed by atoms with E-state index < -0.39 is 0 Å². The molecule has 1 aromatic carbocycles. The highest BCUT2D eigenvalue weighted by Gasteiger charge is 2.30. The number of anilines is 2. The van der Waals surface area contributed by atoms with Crippen molar-refractivity contribution in [3.05, 3.63) is 29.8 Å². The van der Waals surface area contributed by atoms with Crippen LogP contribution in [-0.2, 0) is 6.42 Å². The van der Waals surface area contributed by atoms with Crippen molar-refractivity contribution in [3.8, 4) is 0 Å². The molecule has 0 radical (unpaired) electrons. The second-order valence-electron chi connectivity index (χ2n) is 6.08. The summed E-state index contributed by atoms with van der Waals surface area (Å²) in [5.74, 6) is 1.16. The average Bonchev–Trinajstić information content (AvgIpc) is 2.92. The van der Waals surface area contributed by atoms with Crippen molar-refractivity contribution in [1.29, 1.82) is 0 Å². The van der Waals surface area contributed by atoms with Crippen molar-refractivity contribution in [1.82, 2.24) is 4.98 Å². The van der Waals surface area contributed by atoms with Gasteiger partial charge in [-0.1, -0.05) is 37.5 Å². The number of hydrogen-bond donors (Lipinski definition) is 1. The van der Waals surface area contributed by atoms with E-state index in [0.29, 0.717) is 6.04 Å². The number of nitrogens with two attached hydrogens (primary N) is 1. The molecule has 2 aromatic rings. The Kier molecular flexibility index (Phi) is 3.94. The maximum atomic E-state index is 6.40. The molecule has 2 N–H and O–H groups in total. The number of pyridine rings is 1. The Morgan fingerprint density at radius 2 is 1.86 bits per heavy atom. The van der Waals surface area contributed by atoms with E-state index in [2.05, 4.69) is 17.0 Å². The first kappa shape index (κ1) is 14.5. The molecule has 4 rings (SSSR count). The summed E-state index contributed by atoms with van der Waals surface area (Å²) in [6, 6.07) is 8.92. The molecule has 0 amide bonds. The molecular weight excluding hydrogens is 282 g/mol. The lowest BCUT2D eigenvalue weighted by molar-refractivity contribution is 0.419. The van der Waals surface area contributed by atoms with Crippen molar-refractivity contribution in [3.63, 3.8) is 0 Å². The molecule has 112 valence electrons. The van der Waals surface area contributed by atoms with Crippen LogP contribution in [0.15, 0.2) is 24.3 Å². The summed E-state index contributed by atoms with van der Waals surface area (Å²) in [4.78, 5) is 7.44. The van der Waals surface area contributed by atoms with Gasteiger partial charge in [0.2, 0.25) is 0 Å². The van der Waals surface area contributed by atoms with Crippen molar-refractivity contribution in [2.24, 2.45) is 0 Å². The highest BCUT2D eigenvalue weighted by molar-refractivity contribution is 5.95. The number of nitrogens with zero attached hydrogens (tertiary/aromatic N) is 2. The molecule has 1 aliphatic carbocycles. The fourth-order valence-electron chi connectivity index (χ4n) is 3.83. The number of rotatable bonds is 1. The van der Waals surface area contributed by atoms with Gasteiger partial charge in [0.1, 0.15) is 5.82 Å². The Morgan fingerprint density at radius 3 is 2.67 bits per heavy atom. The molecule has 1 saturated carbocycles. The highest BCUT2D eigenvalue weighted by atomic mass is 35.5. The van der Waals surface area contributed by atoms with E-state index in [1.165, 1.54) is 37.7 Å². The van der Waals surface area contributed by atoms with Crippen LogP contribution in [0.5, 0.6) is 0 Å². The van der Waals surface area contributed by atoms with Gasteiger partial charge >= 0.3 is 0 Å². The first-order chi connectivity index (χ1) is 9.84. The third-order valence-corrected chi connectivity index (χ3v) is 4.91. The maximum Gasteiger partial charge on any atom is 0.134 e. The first-order valence-electron chi connectivity index (χ1n) is 7.78. The van der Waals surface area contributed by atoms with Crippen LogP contribution in [0.1, 0.15) is 37.7 Å². The van der Waals surface area contributed by atoms with Gasteiger partial charge in [0, 0.05) is 29.2 Å². The van der Waals surface area contributed by atoms with Crippen LogP contribution in [0.3, 0.4) is 0 Å². The minimum atomic E-state index is 0. The number of hydrogen-bond acceptors (Lipinski definition) is 3. The standard InChI is InChI=1S/C17H21N3.ClH/c18-16-13-8-4-5-9-15(13)19-17-14(16)10-11-20(17)12-6-2-1-3-7-12;/h4-5,8-9,12H,1-3,6-7,10-11H2,(H2,18,19);1H. The summed E-state index contributed by atoms with van der Waals surface area (Å²) in [6.07, 6.45) is 7.79. The minimum Gasteiger partial charge on any atom is -0.398 e. The van der Waals surface area contributed by atoms with E-state index in [0.717, 1.165) is 35.4 Å². The SMILES string of the molecule is Cl.Nc1c2c(nc3ccccc13)N(C1CCCCC1)CC2. The van der Waals surface area contributed by atoms with Gasteiger partial charge in [-0.3, -0.25) is 0 Å². The van der Waals surface area contributed by atoms with Gasteiger partial charge in [-0.2, -0.15) is 0 Å². The summed E-state index contributed by atoms with van der Waals surface area (Å²) < 4.78 is 0. The number of para-hydroxylation sites is 1. The van der Waals surface area contributed by atoms with Gasteiger partial charge in [0.25, 0.3) is 0 Å². The molecule has 2 aliphatic rings. The number of benzene rings is 1. The molecule has 4 heteroatoms. The molecule has 2 heterocycles. The predicted molar refractivity (Wildman–Crippen MR) is 91.3 cm³/mol. The van der Waals surface area contributed by atoms with E-state index in [1.807, 2.05) is 12.1 Å². The number of nitrogen functional groups attached to an aromatic ring is 1. The lowest BCUT2D eigenvalue weighted by Crippen LogP contribution is -2.35. The van der Waals surface area contributed by atoms with Crippen LogP contribution in [0.25, 0.3) is 10.9 Å². The highest BCUT2D eigenvalue weighted by Crippen LogP contribution is 2.38. The lowest BCUT2D eigenvalue weighted by Gasteiger charge is -2.32. The molecule has 0 saturated heterocycles. The minimum absolute atomic E-state index is 0. The van der Waals surface area contributed by atoms with Gasteiger partial charge in [-0.05, 0) is 25.3 Å². The van der Waals surface area contributed by atoms with Crippen molar-refractivity contribution in [2.75, 3.05) is 17.2 Å². The summed E-state index contributed by atoms with van der Waals surface area (Å²) in [7, 11) is 0. The summed E-state index contributed by atoms with van der Waals surface area (Å²) in [5, 5.41) is 1.11. The van der Waals surface area contributed by atoms with Crippen molar-refractivity contribution < 1.29 is 0 Å². The van der Waals surface area contributed by atoms with E-state index in [9.17, 15) is 0 Å². The Morgan fingerprint density at radius 1 is 1.10 bits per heavy atom. The maximum absolute atomic E-state index is 6.40. The molecule has 0 unspecified atom stereocenters. The summed E-state index contributed by atoms with van der Waals surface area (Å²) in [6.45, 7) is 1.09. The molecule has 0 bridgehead atoms. The molecule has 0 atom stereocenters. The van der Waals surface area contributed by atoms with Crippen LogP contribution < -0.4 is 10.6 Å². The van der Waals surface area contributed by atoms with E-state index in [4.69, 9.17) is 10.7 Å². The smallest absolute Gasteiger partial charge is 0.134 e. The predicted octanol–water partition coefficient (Wildman–Crippen LogP) is 3.93. The molecule has 21 heavy (non-hydrogen) atoms. The van der Waals surface area contributed by atoms with Gasteiger partial charge in [0.15, 0.2) is 0 Å². The number of fused-ring (bicyclic) bond motifs is 2. The van der Waals surface area contributed by atoms with Crippen LogP contribution >= 0.6 is 12.4 Å². The van der Waals surface area contributed by atoms with E-state index >= 15 is 0 Å². The van der Waals surface area contributed by atoms with Gasteiger partial charge in [0.05, 0.1) is 5.52 Å². The second-order valence-corrected chi connectivity index (χ2v) is 6.08. The Balaban J connectivity index is 0.00000132. The number of halogens is 1. The Bertz CT molecular complexity index is 650. The number of aromatic nitrogens is 1. The quantitative estimate of drug-likeness (QED) is 0.868. The van der Waals surface area contributed by atoms with Crippen molar-refractivity contribution in [2.45, 2.75) is 44.6 Å². The molecule has 1 fully saturated rings. The van der Waals surface area contributed by atoms with Crippen LogP contribution in [0.2, 0.25) is 0 Å². The largest absolute Gasteiger partial charge is 0.398 e. The molecule has 0 spiro atoms. The van der Waals surface area contributed by atoms with E-state index in [1.54, 1.807) is 0 Å². The Labute approximate surface area is 131 Å². The zero-order valence-electron chi connectivity index (χ0n) is 12.2. The second kappa shape index (κ2) is 5.72. The Hall–Kier alpha value is -1.48. The zero-order valence-corrected chi connectivity index (χ0v) is 13.0. The van der Waals surface area contributed by atoms with Gasteiger partial charge in [-0.15, -0.1) is 12.4 Å². The average molecular weight is 304 g/mol. The summed E-state index contributed by atoms with van der Waals surface area (Å²) in [5.41, 5.74) is 9.65. The summed E-state index contributed by atoms with van der Waals surface area (Å²) >= 11 is 0. The van der Waals surface area contributed by atoms with E-state index in [-0.39, 0.29) is 12.4 Å². The topological polar surface area (TPSA) is 42.1 Å². The van der Waals surface area contributed by atoms with Gasteiger partial charge in [-0.25, -0.2) is 4.98 Å². The zero-order chi connectivity index (χ0) is 13.5. The molecule has 3 nitrogen and oxygen atoms in total. The monoisotopic (exact) mass is 303 g/mol. The molecular formula is C17H22ClN3. The lowest BCUT2D eigenvalue weighted by atomic mass is 9.94. The van der Waals surface area contributed by atoms with Crippen molar-refractivity contribution >= 4 is 34.8 Å².